The first-order valence-electron chi connectivity index (χ1n) is 7.89. The van der Waals surface area contributed by atoms with Gasteiger partial charge in [-0.3, -0.25) is 0 Å². The van der Waals surface area contributed by atoms with Crippen LogP contribution >= 0.6 is 0 Å². The van der Waals surface area contributed by atoms with Crippen LogP contribution in [0.4, 0.5) is 0 Å². The van der Waals surface area contributed by atoms with Crippen molar-refractivity contribution < 1.29 is 0 Å². The fraction of sp³-hybridized carbons (Fsp3) is 0. The fourth-order valence-corrected chi connectivity index (χ4v) is 3.96. The molecule has 0 N–H and O–H groups in total. The number of terminal acetylenes is 2. The summed E-state index contributed by atoms with van der Waals surface area (Å²) in [6.45, 7) is 0. The van der Waals surface area contributed by atoms with E-state index in [9.17, 15) is 0 Å². The zero-order valence-corrected chi connectivity index (χ0v) is 12.9. The molecule has 0 saturated heterocycles. The van der Waals surface area contributed by atoms with Crippen molar-refractivity contribution in [3.63, 3.8) is 0 Å². The standard InChI is InChI=1S/C24H12/c1-3-15-11-13-21-22-14-12-16(4-2)18-8-6-10-20(24(18)22)19-9-5-7-17(15)23(19)21/h1-2,5-14H. The van der Waals surface area contributed by atoms with Gasteiger partial charge in [-0.1, -0.05) is 60.4 Å². The molecule has 0 nitrogen and oxygen atoms in total. The molecular formula is C24H12. The Kier molecular flexibility index (Phi) is 2.44. The van der Waals surface area contributed by atoms with Crippen molar-refractivity contribution in [2.45, 2.75) is 0 Å². The molecule has 0 heteroatoms. The molecule has 108 valence electrons. The summed E-state index contributed by atoms with van der Waals surface area (Å²) in [6, 6.07) is 21.1. The molecule has 0 amide bonds. The Morgan fingerprint density at radius 2 is 0.833 bits per heavy atom. The van der Waals surface area contributed by atoms with Crippen LogP contribution in [0.25, 0.3) is 43.1 Å². The summed E-state index contributed by atoms with van der Waals surface area (Å²) in [5, 5.41) is 9.66. The van der Waals surface area contributed by atoms with Crippen LogP contribution in [0, 0.1) is 24.7 Å². The Morgan fingerprint density at radius 3 is 1.25 bits per heavy atom. The average Bonchev–Trinajstić information content (AvgIpc) is 2.65. The van der Waals surface area contributed by atoms with Crippen molar-refractivity contribution in [1.82, 2.24) is 0 Å². The van der Waals surface area contributed by atoms with Crippen molar-refractivity contribution >= 4 is 43.1 Å². The largest absolute Gasteiger partial charge is 0.115 e. The summed E-state index contributed by atoms with van der Waals surface area (Å²) in [4.78, 5) is 0. The van der Waals surface area contributed by atoms with E-state index in [1.54, 1.807) is 0 Å². The molecule has 0 atom stereocenters. The highest BCUT2D eigenvalue weighted by molar-refractivity contribution is 6.33. The molecule has 0 aromatic heterocycles. The molecule has 5 aromatic rings. The third kappa shape index (κ3) is 1.45. The number of benzene rings is 5. The first kappa shape index (κ1) is 13.0. The Morgan fingerprint density at radius 1 is 0.458 bits per heavy atom. The number of hydrogen-bond acceptors (Lipinski definition) is 0. The lowest BCUT2D eigenvalue weighted by Gasteiger charge is -2.15. The van der Waals surface area contributed by atoms with Crippen molar-refractivity contribution in [3.05, 3.63) is 71.8 Å². The molecule has 24 heavy (non-hydrogen) atoms. The van der Waals surface area contributed by atoms with E-state index >= 15 is 0 Å². The van der Waals surface area contributed by atoms with Crippen LogP contribution in [-0.2, 0) is 0 Å². The van der Waals surface area contributed by atoms with Gasteiger partial charge in [-0.25, -0.2) is 0 Å². The lowest BCUT2D eigenvalue weighted by molar-refractivity contribution is 1.73. The second-order valence-electron chi connectivity index (χ2n) is 6.07. The van der Waals surface area contributed by atoms with Gasteiger partial charge in [-0.15, -0.1) is 12.8 Å². The van der Waals surface area contributed by atoms with Gasteiger partial charge < -0.3 is 0 Å². The number of fused-ring (bicyclic) bond motifs is 2. The number of rotatable bonds is 0. The predicted molar refractivity (Wildman–Crippen MR) is 104 cm³/mol. The van der Waals surface area contributed by atoms with E-state index in [4.69, 9.17) is 12.8 Å². The summed E-state index contributed by atoms with van der Waals surface area (Å²) >= 11 is 0. The van der Waals surface area contributed by atoms with E-state index in [-0.39, 0.29) is 0 Å². The topological polar surface area (TPSA) is 0 Å². The van der Waals surface area contributed by atoms with E-state index < -0.39 is 0 Å². The maximum atomic E-state index is 5.71. The van der Waals surface area contributed by atoms with Gasteiger partial charge in [0.25, 0.3) is 0 Å². The van der Waals surface area contributed by atoms with Gasteiger partial charge in [0.2, 0.25) is 0 Å². The second-order valence-corrected chi connectivity index (χ2v) is 6.07. The Hall–Kier alpha value is -3.48. The van der Waals surface area contributed by atoms with E-state index in [0.29, 0.717) is 0 Å². The molecule has 0 fully saturated rings. The van der Waals surface area contributed by atoms with E-state index in [1.807, 2.05) is 12.1 Å². The molecule has 0 aliphatic carbocycles. The van der Waals surface area contributed by atoms with Gasteiger partial charge in [0.1, 0.15) is 0 Å². The minimum Gasteiger partial charge on any atom is -0.115 e. The fourth-order valence-electron chi connectivity index (χ4n) is 3.96. The SMILES string of the molecule is C#Cc1ccc2c3ccc(C#C)c4cccc(c5cccc1c52)c43. The van der Waals surface area contributed by atoms with Crippen molar-refractivity contribution in [1.29, 1.82) is 0 Å². The lowest BCUT2D eigenvalue weighted by Crippen LogP contribution is -1.90. The maximum absolute atomic E-state index is 5.71. The molecule has 5 rings (SSSR count). The van der Waals surface area contributed by atoms with E-state index in [2.05, 4.69) is 60.4 Å². The predicted octanol–water partition coefficient (Wildman–Crippen LogP) is 5.70. The van der Waals surface area contributed by atoms with Crippen LogP contribution in [0.2, 0.25) is 0 Å². The van der Waals surface area contributed by atoms with E-state index in [1.165, 1.54) is 32.3 Å². The molecule has 0 heterocycles. The molecule has 5 aromatic carbocycles. The van der Waals surface area contributed by atoms with E-state index in [0.717, 1.165) is 21.9 Å². The lowest BCUT2D eigenvalue weighted by atomic mass is 9.87. The first-order chi connectivity index (χ1) is 11.8. The summed E-state index contributed by atoms with van der Waals surface area (Å²) < 4.78 is 0. The van der Waals surface area contributed by atoms with Gasteiger partial charge in [0, 0.05) is 11.1 Å². The van der Waals surface area contributed by atoms with Gasteiger partial charge in [-0.2, -0.15) is 0 Å². The molecule has 0 radical (unpaired) electrons. The smallest absolute Gasteiger partial charge is 0.0321 e. The second kappa shape index (κ2) is 4.51. The molecule has 0 unspecified atom stereocenters. The molecule has 0 aliphatic heterocycles. The van der Waals surface area contributed by atoms with Crippen LogP contribution < -0.4 is 0 Å². The van der Waals surface area contributed by atoms with Crippen LogP contribution in [0.5, 0.6) is 0 Å². The molecule has 0 aliphatic rings. The summed E-state index contributed by atoms with van der Waals surface area (Å²) in [5.74, 6) is 5.63. The maximum Gasteiger partial charge on any atom is 0.0321 e. The minimum atomic E-state index is 0.937. The third-order valence-electron chi connectivity index (χ3n) is 4.97. The molecule has 0 spiro atoms. The summed E-state index contributed by atoms with van der Waals surface area (Å²) in [5.41, 5.74) is 1.87. The van der Waals surface area contributed by atoms with Gasteiger partial charge in [-0.05, 0) is 55.2 Å². The highest BCUT2D eigenvalue weighted by Gasteiger charge is 2.14. The van der Waals surface area contributed by atoms with Crippen LogP contribution in [0.3, 0.4) is 0 Å². The monoisotopic (exact) mass is 300 g/mol. The minimum absolute atomic E-state index is 0.937. The number of hydrogen-bond donors (Lipinski definition) is 0. The average molecular weight is 300 g/mol. The zero-order valence-electron chi connectivity index (χ0n) is 12.9. The molecule has 0 bridgehead atoms. The van der Waals surface area contributed by atoms with Crippen molar-refractivity contribution in [2.75, 3.05) is 0 Å². The van der Waals surface area contributed by atoms with Crippen LogP contribution in [0.1, 0.15) is 11.1 Å². The quantitative estimate of drug-likeness (QED) is 0.195. The van der Waals surface area contributed by atoms with Crippen molar-refractivity contribution in [2.24, 2.45) is 0 Å². The third-order valence-corrected chi connectivity index (χ3v) is 4.97. The Balaban J connectivity index is 2.22. The highest BCUT2D eigenvalue weighted by Crippen LogP contribution is 2.41. The highest BCUT2D eigenvalue weighted by atomic mass is 14.2. The van der Waals surface area contributed by atoms with Crippen molar-refractivity contribution in [3.8, 4) is 24.7 Å². The van der Waals surface area contributed by atoms with Gasteiger partial charge >= 0.3 is 0 Å². The Labute approximate surface area is 140 Å². The first-order valence-corrected chi connectivity index (χ1v) is 7.89. The summed E-state index contributed by atoms with van der Waals surface area (Å²) in [7, 11) is 0. The van der Waals surface area contributed by atoms with Gasteiger partial charge in [0.15, 0.2) is 0 Å². The molecular weight excluding hydrogens is 288 g/mol. The summed E-state index contributed by atoms with van der Waals surface area (Å²) in [6.07, 6.45) is 11.4. The van der Waals surface area contributed by atoms with Gasteiger partial charge in [0.05, 0.1) is 0 Å². The zero-order chi connectivity index (χ0) is 16.3. The normalized spacial score (nSPS) is 11.2. The van der Waals surface area contributed by atoms with Crippen LogP contribution in [-0.4, -0.2) is 0 Å². The van der Waals surface area contributed by atoms with Crippen LogP contribution in [0.15, 0.2) is 60.7 Å². The Bertz CT molecular complexity index is 1230. The molecule has 0 saturated carbocycles.